The second-order valence-corrected chi connectivity index (χ2v) is 5.19. The number of nitrogens with zero attached hydrogens (tertiary/aromatic N) is 1. The van der Waals surface area contributed by atoms with Gasteiger partial charge in [-0.2, -0.15) is 0 Å². The van der Waals surface area contributed by atoms with Crippen molar-refractivity contribution < 1.29 is 5.11 Å². The van der Waals surface area contributed by atoms with Crippen LogP contribution in [0.3, 0.4) is 0 Å². The molecule has 100 valence electrons. The van der Waals surface area contributed by atoms with Gasteiger partial charge in [0.05, 0.1) is 0 Å². The quantitative estimate of drug-likeness (QED) is 0.726. The summed E-state index contributed by atoms with van der Waals surface area (Å²) in [5, 5.41) is 10.5. The van der Waals surface area contributed by atoms with Crippen LogP contribution >= 0.6 is 12.2 Å². The van der Waals surface area contributed by atoms with E-state index in [9.17, 15) is 5.11 Å². The summed E-state index contributed by atoms with van der Waals surface area (Å²) in [6.45, 7) is 0.741. The Morgan fingerprint density at radius 3 is 2.55 bits per heavy atom. The number of phenolic OH excluding ortho intramolecular Hbond substituents is 1. The number of rotatable bonds is 3. The van der Waals surface area contributed by atoms with Crippen molar-refractivity contribution in [3.05, 3.63) is 65.9 Å². The van der Waals surface area contributed by atoms with Crippen LogP contribution in [0.2, 0.25) is 0 Å². The first-order valence-corrected chi connectivity index (χ1v) is 6.71. The van der Waals surface area contributed by atoms with Crippen molar-refractivity contribution in [2.75, 3.05) is 0 Å². The molecule has 4 heteroatoms. The molecule has 0 atom stereocenters. The van der Waals surface area contributed by atoms with Crippen molar-refractivity contribution in [3.8, 4) is 5.75 Å². The van der Waals surface area contributed by atoms with E-state index in [4.69, 9.17) is 18.0 Å². The molecule has 0 bridgehead atoms. The van der Waals surface area contributed by atoms with Crippen LogP contribution in [-0.2, 0) is 6.54 Å². The summed E-state index contributed by atoms with van der Waals surface area (Å²) in [6.07, 6.45) is 2.04. The number of nitrogens with two attached hydrogens (primary N) is 1. The number of thiocarbonyl (C=S) groups is 1. The number of phenols is 1. The maximum atomic E-state index is 9.32. The highest BCUT2D eigenvalue weighted by Gasteiger charge is 2.04. The first-order chi connectivity index (χ1) is 9.63. The largest absolute Gasteiger partial charge is 0.508 e. The molecule has 0 amide bonds. The lowest BCUT2D eigenvalue weighted by atomic mass is 10.1. The average molecular weight is 282 g/mol. The topological polar surface area (TPSA) is 51.2 Å². The van der Waals surface area contributed by atoms with Crippen LogP contribution in [0.15, 0.2) is 54.7 Å². The van der Waals surface area contributed by atoms with Crippen molar-refractivity contribution in [2.45, 2.75) is 6.54 Å². The Kier molecular flexibility index (Phi) is 3.16. The molecule has 0 radical (unpaired) electrons. The number of hydrogen-bond acceptors (Lipinski definition) is 2. The zero-order chi connectivity index (χ0) is 14.1. The summed E-state index contributed by atoms with van der Waals surface area (Å²) in [5.74, 6) is 0.280. The van der Waals surface area contributed by atoms with Gasteiger partial charge in [-0.3, -0.25) is 0 Å². The van der Waals surface area contributed by atoms with Crippen LogP contribution in [0.25, 0.3) is 10.9 Å². The number of aromatic nitrogens is 1. The van der Waals surface area contributed by atoms with E-state index in [1.54, 1.807) is 12.1 Å². The molecule has 20 heavy (non-hydrogen) atoms. The van der Waals surface area contributed by atoms with Gasteiger partial charge in [-0.25, -0.2) is 0 Å². The van der Waals surface area contributed by atoms with Gasteiger partial charge in [-0.1, -0.05) is 36.5 Å². The summed E-state index contributed by atoms with van der Waals surface area (Å²) >= 11 is 5.03. The van der Waals surface area contributed by atoms with Gasteiger partial charge in [0.25, 0.3) is 0 Å². The molecule has 0 aliphatic heterocycles. The second-order valence-electron chi connectivity index (χ2n) is 4.75. The van der Waals surface area contributed by atoms with E-state index in [0.29, 0.717) is 4.99 Å². The molecule has 0 unspecified atom stereocenters. The molecular formula is C16H14N2OS. The molecule has 3 aromatic rings. The minimum Gasteiger partial charge on any atom is -0.508 e. The average Bonchev–Trinajstić information content (AvgIpc) is 2.84. The van der Waals surface area contributed by atoms with E-state index in [2.05, 4.69) is 10.6 Å². The van der Waals surface area contributed by atoms with E-state index in [1.165, 1.54) is 0 Å². The van der Waals surface area contributed by atoms with E-state index in [-0.39, 0.29) is 5.75 Å². The normalized spacial score (nSPS) is 10.8. The third-order valence-electron chi connectivity index (χ3n) is 3.35. The first kappa shape index (κ1) is 12.7. The summed E-state index contributed by atoms with van der Waals surface area (Å²) in [4.78, 5) is 0.407. The minimum absolute atomic E-state index is 0.280. The standard InChI is InChI=1S/C16H14N2OS/c17-16(20)13-4-3-12-7-8-18(15(12)9-13)10-11-1-5-14(19)6-2-11/h1-9,19H,10H2,(H2,17,20). The molecule has 0 spiro atoms. The zero-order valence-corrected chi connectivity index (χ0v) is 11.6. The first-order valence-electron chi connectivity index (χ1n) is 6.30. The highest BCUT2D eigenvalue weighted by molar-refractivity contribution is 7.80. The molecule has 2 aromatic carbocycles. The van der Waals surface area contributed by atoms with Gasteiger partial charge in [-0.15, -0.1) is 0 Å². The fraction of sp³-hybridized carbons (Fsp3) is 0.0625. The molecule has 3 nitrogen and oxygen atoms in total. The van der Waals surface area contributed by atoms with Crippen molar-refractivity contribution in [1.82, 2.24) is 4.57 Å². The van der Waals surface area contributed by atoms with Crippen LogP contribution in [0.1, 0.15) is 11.1 Å². The Morgan fingerprint density at radius 2 is 1.85 bits per heavy atom. The van der Waals surface area contributed by atoms with Crippen LogP contribution in [0, 0.1) is 0 Å². The zero-order valence-electron chi connectivity index (χ0n) is 10.8. The molecule has 0 fully saturated rings. The number of benzene rings is 2. The molecule has 0 aliphatic carbocycles. The Hall–Kier alpha value is -2.33. The van der Waals surface area contributed by atoms with E-state index in [1.807, 2.05) is 36.5 Å². The summed E-state index contributed by atoms with van der Waals surface area (Å²) in [5.41, 5.74) is 8.79. The predicted molar refractivity (Wildman–Crippen MR) is 85.0 cm³/mol. The smallest absolute Gasteiger partial charge is 0.115 e. The van der Waals surface area contributed by atoms with Gasteiger partial charge in [0.2, 0.25) is 0 Å². The van der Waals surface area contributed by atoms with Crippen LogP contribution < -0.4 is 5.73 Å². The van der Waals surface area contributed by atoms with Crippen molar-refractivity contribution in [1.29, 1.82) is 0 Å². The minimum atomic E-state index is 0.280. The maximum Gasteiger partial charge on any atom is 0.115 e. The van der Waals surface area contributed by atoms with Gasteiger partial charge >= 0.3 is 0 Å². The Labute approximate surface area is 122 Å². The summed E-state index contributed by atoms with van der Waals surface area (Å²) < 4.78 is 2.14. The Balaban J connectivity index is 2.00. The molecule has 0 saturated heterocycles. The third kappa shape index (κ3) is 2.38. The van der Waals surface area contributed by atoms with E-state index < -0.39 is 0 Å². The third-order valence-corrected chi connectivity index (χ3v) is 3.58. The number of hydrogen-bond donors (Lipinski definition) is 2. The molecule has 3 rings (SSSR count). The molecule has 1 heterocycles. The van der Waals surface area contributed by atoms with Crippen LogP contribution in [0.5, 0.6) is 5.75 Å². The number of aromatic hydroxyl groups is 1. The fourth-order valence-corrected chi connectivity index (χ4v) is 2.40. The highest BCUT2D eigenvalue weighted by atomic mass is 32.1. The lowest BCUT2D eigenvalue weighted by Crippen LogP contribution is -2.09. The lowest BCUT2D eigenvalue weighted by Gasteiger charge is -2.07. The van der Waals surface area contributed by atoms with Crippen molar-refractivity contribution >= 4 is 28.1 Å². The maximum absolute atomic E-state index is 9.32. The van der Waals surface area contributed by atoms with Crippen LogP contribution in [0.4, 0.5) is 0 Å². The van der Waals surface area contributed by atoms with Gasteiger partial charge < -0.3 is 15.4 Å². The van der Waals surface area contributed by atoms with Gasteiger partial charge in [0.1, 0.15) is 10.7 Å². The van der Waals surface area contributed by atoms with E-state index >= 15 is 0 Å². The van der Waals surface area contributed by atoms with Gasteiger partial charge in [0, 0.05) is 23.8 Å². The fourth-order valence-electron chi connectivity index (χ4n) is 2.27. The molecule has 0 aliphatic rings. The molecule has 1 aromatic heterocycles. The van der Waals surface area contributed by atoms with Crippen molar-refractivity contribution in [2.24, 2.45) is 5.73 Å². The van der Waals surface area contributed by atoms with Crippen LogP contribution in [-0.4, -0.2) is 14.7 Å². The Bertz CT molecular complexity index is 775. The summed E-state index contributed by atoms with van der Waals surface area (Å²) in [7, 11) is 0. The molecule has 0 saturated carbocycles. The SMILES string of the molecule is NC(=S)c1ccc2ccn(Cc3ccc(O)cc3)c2c1. The molecule has 3 N–H and O–H groups in total. The molecular weight excluding hydrogens is 268 g/mol. The second kappa shape index (κ2) is 4.98. The lowest BCUT2D eigenvalue weighted by molar-refractivity contribution is 0.475. The number of fused-ring (bicyclic) bond motifs is 1. The van der Waals surface area contributed by atoms with Crippen molar-refractivity contribution in [3.63, 3.8) is 0 Å². The van der Waals surface area contributed by atoms with Gasteiger partial charge in [0.15, 0.2) is 0 Å². The van der Waals surface area contributed by atoms with E-state index in [0.717, 1.165) is 28.6 Å². The van der Waals surface area contributed by atoms with Gasteiger partial charge in [-0.05, 0) is 35.2 Å². The highest BCUT2D eigenvalue weighted by Crippen LogP contribution is 2.20. The summed E-state index contributed by atoms with van der Waals surface area (Å²) in [6, 6.07) is 15.3. The Morgan fingerprint density at radius 1 is 1.10 bits per heavy atom. The predicted octanol–water partition coefficient (Wildman–Crippen LogP) is 3.03. The monoisotopic (exact) mass is 282 g/mol.